The number of nitrogens with one attached hydrogen (secondary N) is 2. The summed E-state index contributed by atoms with van der Waals surface area (Å²) >= 11 is 17.3. The second-order valence-corrected chi connectivity index (χ2v) is 5.13. The molecule has 0 atom stereocenters. The van der Waals surface area contributed by atoms with Crippen LogP contribution in [0, 0.1) is 0 Å². The molecule has 0 unspecified atom stereocenters. The molecule has 0 bridgehead atoms. The van der Waals surface area contributed by atoms with Crippen molar-refractivity contribution >= 4 is 51.9 Å². The molecule has 20 heavy (non-hydrogen) atoms. The normalized spacial score (nSPS) is 9.95. The zero-order valence-electron chi connectivity index (χ0n) is 10.6. The largest absolute Gasteiger partial charge is 0.495 e. The zero-order chi connectivity index (χ0) is 14.5. The summed E-state index contributed by atoms with van der Waals surface area (Å²) in [5.41, 5.74) is 1.51. The van der Waals surface area contributed by atoms with Gasteiger partial charge in [-0.3, -0.25) is 0 Å². The number of halogens is 2. The highest BCUT2D eigenvalue weighted by Crippen LogP contribution is 2.27. The molecular weight excluding hydrogens is 315 g/mol. The Kier molecular flexibility index (Phi) is 5.06. The maximum atomic E-state index is 6.05. The average Bonchev–Trinajstić information content (AvgIpc) is 2.41. The van der Waals surface area contributed by atoms with E-state index in [4.69, 9.17) is 40.2 Å². The summed E-state index contributed by atoms with van der Waals surface area (Å²) in [5, 5.41) is 7.60. The van der Waals surface area contributed by atoms with Crippen molar-refractivity contribution in [1.29, 1.82) is 0 Å². The molecular formula is C14H12Cl2N2OS. The highest BCUT2D eigenvalue weighted by molar-refractivity contribution is 7.80. The van der Waals surface area contributed by atoms with Crippen LogP contribution in [0.5, 0.6) is 5.75 Å². The molecule has 104 valence electrons. The van der Waals surface area contributed by atoms with E-state index in [1.165, 1.54) is 0 Å². The minimum Gasteiger partial charge on any atom is -0.495 e. The molecule has 0 spiro atoms. The van der Waals surface area contributed by atoms with Crippen molar-refractivity contribution in [3.05, 3.63) is 52.5 Å². The molecule has 2 aromatic carbocycles. The van der Waals surface area contributed by atoms with Gasteiger partial charge in [-0.25, -0.2) is 0 Å². The average molecular weight is 327 g/mol. The van der Waals surface area contributed by atoms with Crippen molar-refractivity contribution in [1.82, 2.24) is 0 Å². The first kappa shape index (κ1) is 14.9. The molecule has 2 N–H and O–H groups in total. The van der Waals surface area contributed by atoms with Crippen LogP contribution in [0.1, 0.15) is 0 Å². The fourth-order valence-corrected chi connectivity index (χ4v) is 2.26. The van der Waals surface area contributed by atoms with E-state index in [1.807, 2.05) is 24.3 Å². The third kappa shape index (κ3) is 3.76. The summed E-state index contributed by atoms with van der Waals surface area (Å²) in [4.78, 5) is 0. The monoisotopic (exact) mass is 326 g/mol. The number of hydrogen-bond acceptors (Lipinski definition) is 2. The molecule has 0 heterocycles. The fourth-order valence-electron chi connectivity index (χ4n) is 1.59. The van der Waals surface area contributed by atoms with E-state index in [0.717, 1.165) is 11.4 Å². The summed E-state index contributed by atoms with van der Waals surface area (Å²) in [7, 11) is 1.57. The van der Waals surface area contributed by atoms with Gasteiger partial charge < -0.3 is 15.4 Å². The number of para-hydroxylation sites is 1. The number of methoxy groups -OCH3 is 1. The molecule has 2 rings (SSSR count). The van der Waals surface area contributed by atoms with Crippen LogP contribution in [0.15, 0.2) is 42.5 Å². The van der Waals surface area contributed by atoms with Gasteiger partial charge in [-0.15, -0.1) is 0 Å². The third-order valence-electron chi connectivity index (χ3n) is 2.53. The molecule has 6 heteroatoms. The zero-order valence-corrected chi connectivity index (χ0v) is 12.9. The summed E-state index contributed by atoms with van der Waals surface area (Å²) in [6, 6.07) is 12.7. The minimum atomic E-state index is 0.430. The number of ether oxygens (including phenoxy) is 1. The highest BCUT2D eigenvalue weighted by atomic mass is 35.5. The molecule has 0 radical (unpaired) electrons. The van der Waals surface area contributed by atoms with Crippen LogP contribution in [0.4, 0.5) is 11.4 Å². The van der Waals surface area contributed by atoms with Crippen LogP contribution in [0.25, 0.3) is 0 Å². The topological polar surface area (TPSA) is 33.3 Å². The van der Waals surface area contributed by atoms with Crippen LogP contribution >= 0.6 is 35.4 Å². The van der Waals surface area contributed by atoms with Crippen molar-refractivity contribution in [2.45, 2.75) is 0 Å². The SMILES string of the molecule is COc1ccc(NC(=S)Nc2ccccc2Cl)cc1Cl. The maximum absolute atomic E-state index is 6.05. The maximum Gasteiger partial charge on any atom is 0.175 e. The van der Waals surface area contributed by atoms with Gasteiger partial charge in [0.1, 0.15) is 5.75 Å². The number of thiocarbonyl (C=S) groups is 1. The predicted molar refractivity (Wildman–Crippen MR) is 89.3 cm³/mol. The van der Waals surface area contributed by atoms with E-state index in [0.29, 0.717) is 20.9 Å². The lowest BCUT2D eigenvalue weighted by Gasteiger charge is -2.12. The van der Waals surface area contributed by atoms with Crippen molar-refractivity contribution in [3.63, 3.8) is 0 Å². The Bertz CT molecular complexity index is 634. The molecule has 0 amide bonds. The molecule has 0 aliphatic carbocycles. The molecule has 0 aromatic heterocycles. The van der Waals surface area contributed by atoms with Gasteiger partial charge in [-0.1, -0.05) is 35.3 Å². The number of rotatable bonds is 3. The van der Waals surface area contributed by atoms with Gasteiger partial charge in [0.05, 0.1) is 22.8 Å². The standard InChI is InChI=1S/C14H12Cl2N2OS/c1-19-13-7-6-9(8-11(13)16)17-14(20)18-12-5-3-2-4-10(12)15/h2-8H,1H3,(H2,17,18,20). The van der Waals surface area contributed by atoms with Crippen LogP contribution < -0.4 is 15.4 Å². The van der Waals surface area contributed by atoms with E-state index in [2.05, 4.69) is 10.6 Å². The first-order chi connectivity index (χ1) is 9.60. The molecule has 0 saturated heterocycles. The molecule has 0 saturated carbocycles. The third-order valence-corrected chi connectivity index (χ3v) is 3.36. The van der Waals surface area contributed by atoms with Crippen molar-refractivity contribution in [2.75, 3.05) is 17.7 Å². The van der Waals surface area contributed by atoms with Crippen molar-refractivity contribution < 1.29 is 4.74 Å². The Balaban J connectivity index is 2.05. The lowest BCUT2D eigenvalue weighted by atomic mass is 10.3. The molecule has 0 aliphatic rings. The number of anilines is 2. The van der Waals surface area contributed by atoms with Gasteiger partial charge >= 0.3 is 0 Å². The Hall–Kier alpha value is -1.49. The van der Waals surface area contributed by atoms with Gasteiger partial charge in [0.2, 0.25) is 0 Å². The van der Waals surface area contributed by atoms with Gasteiger partial charge in [0.25, 0.3) is 0 Å². The first-order valence-corrected chi connectivity index (χ1v) is 6.92. The summed E-state index contributed by atoms with van der Waals surface area (Å²) < 4.78 is 5.09. The number of benzene rings is 2. The van der Waals surface area contributed by atoms with E-state index in [1.54, 1.807) is 25.3 Å². The summed E-state index contributed by atoms with van der Waals surface area (Å²) in [6.07, 6.45) is 0. The van der Waals surface area contributed by atoms with E-state index in [9.17, 15) is 0 Å². The Morgan fingerprint density at radius 3 is 2.45 bits per heavy atom. The Labute approximate surface area is 132 Å². The second-order valence-electron chi connectivity index (χ2n) is 3.91. The van der Waals surface area contributed by atoms with Gasteiger partial charge in [0, 0.05) is 5.69 Å². The number of hydrogen-bond donors (Lipinski definition) is 2. The van der Waals surface area contributed by atoms with Crippen LogP contribution in [0.2, 0.25) is 10.0 Å². The van der Waals surface area contributed by atoms with Crippen LogP contribution in [-0.4, -0.2) is 12.2 Å². The molecule has 2 aromatic rings. The molecule has 0 fully saturated rings. The van der Waals surface area contributed by atoms with Gasteiger partial charge in [-0.05, 0) is 42.5 Å². The Morgan fingerprint density at radius 2 is 1.80 bits per heavy atom. The first-order valence-electron chi connectivity index (χ1n) is 5.76. The Morgan fingerprint density at radius 1 is 1.05 bits per heavy atom. The molecule has 0 aliphatic heterocycles. The summed E-state index contributed by atoms with van der Waals surface area (Å²) in [5.74, 6) is 0.613. The van der Waals surface area contributed by atoms with Crippen LogP contribution in [-0.2, 0) is 0 Å². The van der Waals surface area contributed by atoms with E-state index < -0.39 is 0 Å². The van der Waals surface area contributed by atoms with E-state index >= 15 is 0 Å². The van der Waals surface area contributed by atoms with Gasteiger partial charge in [-0.2, -0.15) is 0 Å². The summed E-state index contributed by atoms with van der Waals surface area (Å²) in [6.45, 7) is 0. The smallest absolute Gasteiger partial charge is 0.175 e. The second kappa shape index (κ2) is 6.79. The van der Waals surface area contributed by atoms with Gasteiger partial charge in [0.15, 0.2) is 5.11 Å². The quantitative estimate of drug-likeness (QED) is 0.793. The lowest BCUT2D eigenvalue weighted by Crippen LogP contribution is -2.19. The minimum absolute atomic E-state index is 0.430. The lowest BCUT2D eigenvalue weighted by molar-refractivity contribution is 0.415. The van der Waals surface area contributed by atoms with Crippen LogP contribution in [0.3, 0.4) is 0 Å². The highest BCUT2D eigenvalue weighted by Gasteiger charge is 2.05. The van der Waals surface area contributed by atoms with Crippen molar-refractivity contribution in [3.8, 4) is 5.75 Å². The van der Waals surface area contributed by atoms with E-state index in [-0.39, 0.29) is 0 Å². The predicted octanol–water partition coefficient (Wildman–Crippen LogP) is 4.81. The fraction of sp³-hybridized carbons (Fsp3) is 0.0714. The van der Waals surface area contributed by atoms with Crippen molar-refractivity contribution in [2.24, 2.45) is 0 Å². The molecule has 3 nitrogen and oxygen atoms in total.